The number of hydrogen-bond acceptors (Lipinski definition) is 6. The molecule has 4 amide bonds. The summed E-state index contributed by atoms with van der Waals surface area (Å²) >= 11 is 0. The molecule has 0 bridgehead atoms. The van der Waals surface area contributed by atoms with Crippen molar-refractivity contribution in [2.75, 3.05) is 6.54 Å². The SMILES string of the molecule is CC(C)CC(N)C(=O)NC(CC(N)=O)C(=O)NC(C(=O)N1CCCC1C(=O)O)C(C)C. The number of rotatable bonds is 11. The number of carboxylic acids is 1. The van der Waals surface area contributed by atoms with Gasteiger partial charge >= 0.3 is 5.97 Å². The van der Waals surface area contributed by atoms with Crippen LogP contribution in [-0.4, -0.2) is 70.3 Å². The van der Waals surface area contributed by atoms with Gasteiger partial charge in [-0.2, -0.15) is 0 Å². The number of aliphatic carboxylic acids is 1. The van der Waals surface area contributed by atoms with Gasteiger partial charge in [-0.1, -0.05) is 27.7 Å². The van der Waals surface area contributed by atoms with Crippen molar-refractivity contribution in [2.45, 2.75) is 77.5 Å². The minimum Gasteiger partial charge on any atom is -0.480 e. The van der Waals surface area contributed by atoms with Crippen molar-refractivity contribution < 1.29 is 29.1 Å². The monoisotopic (exact) mass is 441 g/mol. The third kappa shape index (κ3) is 7.82. The molecule has 0 radical (unpaired) electrons. The van der Waals surface area contributed by atoms with Crippen LogP contribution in [0, 0.1) is 11.8 Å². The van der Waals surface area contributed by atoms with E-state index in [1.54, 1.807) is 13.8 Å². The third-order valence-electron chi connectivity index (χ3n) is 5.15. The highest BCUT2D eigenvalue weighted by atomic mass is 16.4. The minimum atomic E-state index is -1.30. The summed E-state index contributed by atoms with van der Waals surface area (Å²) in [5.74, 6) is -4.01. The van der Waals surface area contributed by atoms with E-state index in [1.165, 1.54) is 4.90 Å². The maximum absolute atomic E-state index is 13.0. The summed E-state index contributed by atoms with van der Waals surface area (Å²) in [5.41, 5.74) is 11.1. The maximum atomic E-state index is 13.0. The maximum Gasteiger partial charge on any atom is 0.326 e. The number of carbonyl (C=O) groups is 5. The van der Waals surface area contributed by atoms with E-state index in [4.69, 9.17) is 11.5 Å². The van der Waals surface area contributed by atoms with Crippen LogP contribution in [0.5, 0.6) is 0 Å². The lowest BCUT2D eigenvalue weighted by Gasteiger charge is -2.30. The molecule has 1 rings (SSSR count). The lowest BCUT2D eigenvalue weighted by Crippen LogP contribution is -2.59. The van der Waals surface area contributed by atoms with Crippen LogP contribution in [0.25, 0.3) is 0 Å². The fourth-order valence-corrected chi connectivity index (χ4v) is 3.54. The van der Waals surface area contributed by atoms with E-state index < -0.39 is 60.2 Å². The van der Waals surface area contributed by atoms with Crippen molar-refractivity contribution in [1.29, 1.82) is 0 Å². The molecule has 4 atom stereocenters. The molecule has 0 aromatic heterocycles. The molecule has 31 heavy (non-hydrogen) atoms. The Hall–Kier alpha value is -2.69. The Labute approximate surface area is 182 Å². The number of carboxylic acid groups (broad SMARTS) is 1. The van der Waals surface area contributed by atoms with E-state index in [9.17, 15) is 29.1 Å². The first kappa shape index (κ1) is 26.3. The summed E-state index contributed by atoms with van der Waals surface area (Å²) < 4.78 is 0. The molecule has 4 unspecified atom stereocenters. The molecule has 1 fully saturated rings. The summed E-state index contributed by atoms with van der Waals surface area (Å²) in [6, 6.07) is -4.14. The second-order valence-corrected chi connectivity index (χ2v) is 8.73. The number of nitrogens with two attached hydrogens (primary N) is 2. The average Bonchev–Trinajstić information content (AvgIpc) is 3.13. The van der Waals surface area contributed by atoms with Crippen LogP contribution < -0.4 is 22.1 Å². The highest BCUT2D eigenvalue weighted by Crippen LogP contribution is 2.20. The van der Waals surface area contributed by atoms with E-state index in [-0.39, 0.29) is 18.4 Å². The van der Waals surface area contributed by atoms with E-state index in [0.29, 0.717) is 19.3 Å². The van der Waals surface area contributed by atoms with Crippen molar-refractivity contribution in [1.82, 2.24) is 15.5 Å². The standard InChI is InChI=1S/C20H35N5O6/c1-10(2)8-12(21)17(27)23-13(9-15(22)26)18(28)24-16(11(3)4)19(29)25-7-5-6-14(25)20(30)31/h10-14,16H,5-9,21H2,1-4H3,(H2,22,26)(H,23,27)(H,24,28)(H,30,31). The zero-order valence-corrected chi connectivity index (χ0v) is 18.6. The molecule has 1 heterocycles. The number of carbonyl (C=O) groups excluding carboxylic acids is 4. The van der Waals surface area contributed by atoms with Crippen molar-refractivity contribution in [3.05, 3.63) is 0 Å². The van der Waals surface area contributed by atoms with Crippen LogP contribution in [0.4, 0.5) is 0 Å². The third-order valence-corrected chi connectivity index (χ3v) is 5.15. The van der Waals surface area contributed by atoms with E-state index in [1.807, 2.05) is 13.8 Å². The topological polar surface area (TPSA) is 185 Å². The first-order chi connectivity index (χ1) is 14.3. The summed E-state index contributed by atoms with van der Waals surface area (Å²) in [6.45, 7) is 7.47. The zero-order valence-electron chi connectivity index (χ0n) is 18.6. The van der Waals surface area contributed by atoms with Crippen molar-refractivity contribution in [3.8, 4) is 0 Å². The molecule has 0 saturated carbocycles. The lowest BCUT2D eigenvalue weighted by atomic mass is 10.0. The van der Waals surface area contributed by atoms with E-state index in [0.717, 1.165) is 0 Å². The van der Waals surface area contributed by atoms with Crippen LogP contribution in [0.2, 0.25) is 0 Å². The molecule has 11 nitrogen and oxygen atoms in total. The Balaban J connectivity index is 2.96. The molecule has 0 aromatic carbocycles. The Kier molecular flexibility index (Phi) is 9.89. The van der Waals surface area contributed by atoms with Gasteiger partial charge in [0.15, 0.2) is 0 Å². The molecule has 0 aliphatic carbocycles. The number of nitrogens with one attached hydrogen (secondary N) is 2. The second kappa shape index (κ2) is 11.6. The molecular formula is C20H35N5O6. The van der Waals surface area contributed by atoms with Gasteiger partial charge in [0.25, 0.3) is 0 Å². The van der Waals surface area contributed by atoms with Crippen molar-refractivity contribution in [3.63, 3.8) is 0 Å². The fourth-order valence-electron chi connectivity index (χ4n) is 3.54. The number of hydrogen-bond donors (Lipinski definition) is 5. The highest BCUT2D eigenvalue weighted by molar-refractivity contribution is 5.96. The fraction of sp³-hybridized carbons (Fsp3) is 0.750. The largest absolute Gasteiger partial charge is 0.480 e. The van der Waals surface area contributed by atoms with Gasteiger partial charge in [-0.15, -0.1) is 0 Å². The number of nitrogens with zero attached hydrogens (tertiary/aromatic N) is 1. The van der Waals surface area contributed by atoms with E-state index in [2.05, 4.69) is 10.6 Å². The van der Waals surface area contributed by atoms with Gasteiger partial charge in [0.2, 0.25) is 23.6 Å². The molecule has 7 N–H and O–H groups in total. The van der Waals surface area contributed by atoms with Gasteiger partial charge in [0.05, 0.1) is 12.5 Å². The van der Waals surface area contributed by atoms with Gasteiger partial charge in [-0.05, 0) is 31.1 Å². The van der Waals surface area contributed by atoms with Crippen LogP contribution >= 0.6 is 0 Å². The van der Waals surface area contributed by atoms with Gasteiger partial charge in [0, 0.05) is 6.54 Å². The molecule has 11 heteroatoms. The Morgan fingerprint density at radius 2 is 1.68 bits per heavy atom. The molecule has 0 spiro atoms. The summed E-state index contributed by atoms with van der Waals surface area (Å²) in [4.78, 5) is 62.3. The predicted molar refractivity (Wildman–Crippen MR) is 112 cm³/mol. The molecule has 1 saturated heterocycles. The van der Waals surface area contributed by atoms with E-state index >= 15 is 0 Å². The molecule has 1 aliphatic heterocycles. The van der Waals surface area contributed by atoms with Crippen LogP contribution in [0.1, 0.15) is 53.4 Å². The smallest absolute Gasteiger partial charge is 0.326 e. The van der Waals surface area contributed by atoms with Gasteiger partial charge in [-0.25, -0.2) is 4.79 Å². The first-order valence-electron chi connectivity index (χ1n) is 10.5. The average molecular weight is 442 g/mol. The number of amides is 4. The zero-order chi connectivity index (χ0) is 23.9. The number of likely N-dealkylation sites (tertiary alicyclic amines) is 1. The molecule has 0 aromatic rings. The van der Waals surface area contributed by atoms with Crippen LogP contribution in [0.15, 0.2) is 0 Å². The normalized spacial score (nSPS) is 19.1. The van der Waals surface area contributed by atoms with Gasteiger partial charge in [0.1, 0.15) is 18.1 Å². The Morgan fingerprint density at radius 3 is 2.16 bits per heavy atom. The van der Waals surface area contributed by atoms with Crippen molar-refractivity contribution in [2.24, 2.45) is 23.3 Å². The molecule has 176 valence electrons. The predicted octanol–water partition coefficient (Wildman–Crippen LogP) is -1.06. The molecule has 1 aliphatic rings. The minimum absolute atomic E-state index is 0.148. The number of primary amides is 1. The van der Waals surface area contributed by atoms with Gasteiger partial charge < -0.3 is 32.1 Å². The lowest BCUT2D eigenvalue weighted by molar-refractivity contribution is -0.150. The first-order valence-corrected chi connectivity index (χ1v) is 10.5. The molecular weight excluding hydrogens is 406 g/mol. The van der Waals surface area contributed by atoms with Crippen LogP contribution in [0.3, 0.4) is 0 Å². The Morgan fingerprint density at radius 1 is 1.06 bits per heavy atom. The second-order valence-electron chi connectivity index (χ2n) is 8.73. The summed E-state index contributed by atoms with van der Waals surface area (Å²) in [6.07, 6.45) is 0.811. The quantitative estimate of drug-likeness (QED) is 0.270. The summed E-state index contributed by atoms with van der Waals surface area (Å²) in [5, 5.41) is 14.3. The van der Waals surface area contributed by atoms with Gasteiger partial charge in [-0.3, -0.25) is 19.2 Å². The Bertz CT molecular complexity index is 696. The van der Waals surface area contributed by atoms with Crippen LogP contribution in [-0.2, 0) is 24.0 Å². The summed E-state index contributed by atoms with van der Waals surface area (Å²) in [7, 11) is 0. The highest BCUT2D eigenvalue weighted by Gasteiger charge is 2.39. The van der Waals surface area contributed by atoms with Crippen molar-refractivity contribution >= 4 is 29.6 Å².